The summed E-state index contributed by atoms with van der Waals surface area (Å²) in [7, 11) is 1.78. The van der Waals surface area contributed by atoms with E-state index in [-0.39, 0.29) is 41.3 Å². The molecule has 2 N–H and O–H groups in total. The highest BCUT2D eigenvalue weighted by molar-refractivity contribution is 14.0. The highest BCUT2D eigenvalue weighted by Gasteiger charge is 2.36. The molecule has 3 rings (SSSR count). The molecule has 1 amide bonds. The van der Waals surface area contributed by atoms with Crippen LogP contribution in [0.3, 0.4) is 0 Å². The van der Waals surface area contributed by atoms with E-state index in [1.54, 1.807) is 7.05 Å². The number of benzene rings is 1. The molecule has 0 aliphatic carbocycles. The summed E-state index contributed by atoms with van der Waals surface area (Å²) < 4.78 is 5.62. The predicted octanol–water partition coefficient (Wildman–Crippen LogP) is 3.18. The van der Waals surface area contributed by atoms with Crippen LogP contribution >= 0.6 is 35.6 Å². The van der Waals surface area contributed by atoms with Crippen LogP contribution < -0.4 is 10.6 Å². The maximum atomic E-state index is 11.9. The van der Waals surface area contributed by atoms with Gasteiger partial charge in [-0.1, -0.05) is 36.7 Å². The van der Waals surface area contributed by atoms with Crippen LogP contribution in [0.15, 0.2) is 29.3 Å². The van der Waals surface area contributed by atoms with Crippen LogP contribution in [0.4, 0.5) is 0 Å². The second-order valence-corrected chi connectivity index (χ2v) is 8.03. The largest absolute Gasteiger partial charge is 0.381 e. The van der Waals surface area contributed by atoms with Gasteiger partial charge in [-0.05, 0) is 30.9 Å². The highest BCUT2D eigenvalue weighted by Crippen LogP contribution is 2.38. The predicted molar refractivity (Wildman–Crippen MR) is 128 cm³/mol. The number of nitrogens with one attached hydrogen (secondary N) is 2. The number of nitrogens with zero attached hydrogens (tertiary/aromatic N) is 2. The van der Waals surface area contributed by atoms with Gasteiger partial charge in [-0.3, -0.25) is 9.79 Å². The molecule has 0 saturated carbocycles. The first-order valence-electron chi connectivity index (χ1n) is 10.2. The summed E-state index contributed by atoms with van der Waals surface area (Å²) in [6.07, 6.45) is 3.34. The lowest BCUT2D eigenvalue weighted by Gasteiger charge is -2.39. The molecule has 29 heavy (non-hydrogen) atoms. The van der Waals surface area contributed by atoms with Gasteiger partial charge >= 0.3 is 0 Å². The van der Waals surface area contributed by atoms with E-state index in [2.05, 4.69) is 21.7 Å². The van der Waals surface area contributed by atoms with E-state index in [0.717, 1.165) is 63.1 Å². The summed E-state index contributed by atoms with van der Waals surface area (Å²) in [6, 6.07) is 8.32. The van der Waals surface area contributed by atoms with E-state index in [1.165, 1.54) is 5.56 Å². The van der Waals surface area contributed by atoms with E-state index in [1.807, 2.05) is 30.0 Å². The molecular formula is C21H32ClIN4O2. The Morgan fingerprint density at radius 2 is 2.07 bits per heavy atom. The molecule has 1 aromatic carbocycles. The van der Waals surface area contributed by atoms with Gasteiger partial charge in [0.15, 0.2) is 5.96 Å². The van der Waals surface area contributed by atoms with E-state index >= 15 is 0 Å². The van der Waals surface area contributed by atoms with Crippen LogP contribution in [0.1, 0.15) is 38.2 Å². The molecule has 2 fully saturated rings. The lowest BCUT2D eigenvalue weighted by molar-refractivity contribution is -0.129. The summed E-state index contributed by atoms with van der Waals surface area (Å²) in [6.45, 7) is 5.65. The van der Waals surface area contributed by atoms with Crippen molar-refractivity contribution in [3.63, 3.8) is 0 Å². The SMILES string of the molecule is CCC(=O)N1CCC(NC(=NC)NCC2(c3ccccc3Cl)CCOCC2)C1.I. The molecule has 6 nitrogen and oxygen atoms in total. The van der Waals surface area contributed by atoms with Gasteiger partial charge < -0.3 is 20.3 Å². The first-order valence-corrected chi connectivity index (χ1v) is 10.5. The summed E-state index contributed by atoms with van der Waals surface area (Å²) in [5.41, 5.74) is 1.09. The molecule has 8 heteroatoms. The molecule has 0 spiro atoms. The first kappa shape index (κ1) is 24.2. The normalized spacial score (nSPS) is 21.4. The Labute approximate surface area is 195 Å². The number of likely N-dealkylation sites (tertiary alicyclic amines) is 1. The molecule has 1 atom stereocenters. The number of ether oxygens (including phenoxy) is 1. The third-order valence-electron chi connectivity index (χ3n) is 5.90. The zero-order chi connectivity index (χ0) is 20.0. The second-order valence-electron chi connectivity index (χ2n) is 7.62. The first-order chi connectivity index (χ1) is 13.6. The number of carbonyl (C=O) groups is 1. The van der Waals surface area contributed by atoms with Crippen molar-refractivity contribution in [2.75, 3.05) is 39.9 Å². The van der Waals surface area contributed by atoms with Crippen molar-refractivity contribution in [2.45, 2.75) is 44.1 Å². The summed E-state index contributed by atoms with van der Waals surface area (Å²) in [5.74, 6) is 0.987. The minimum atomic E-state index is -0.0753. The van der Waals surface area contributed by atoms with Crippen LogP contribution in [0.5, 0.6) is 0 Å². The van der Waals surface area contributed by atoms with Crippen molar-refractivity contribution in [1.29, 1.82) is 0 Å². The average Bonchev–Trinajstić information content (AvgIpc) is 3.20. The number of amides is 1. The number of hydrogen-bond acceptors (Lipinski definition) is 3. The lowest BCUT2D eigenvalue weighted by Crippen LogP contribution is -2.50. The van der Waals surface area contributed by atoms with Gasteiger partial charge in [0.05, 0.1) is 0 Å². The van der Waals surface area contributed by atoms with Crippen molar-refractivity contribution in [3.8, 4) is 0 Å². The lowest BCUT2D eigenvalue weighted by atomic mass is 9.74. The maximum absolute atomic E-state index is 11.9. The Morgan fingerprint density at radius 3 is 2.72 bits per heavy atom. The van der Waals surface area contributed by atoms with Crippen molar-refractivity contribution in [2.24, 2.45) is 4.99 Å². The molecule has 2 aliphatic heterocycles. The fourth-order valence-electron chi connectivity index (χ4n) is 4.16. The van der Waals surface area contributed by atoms with E-state index in [0.29, 0.717) is 6.42 Å². The summed E-state index contributed by atoms with van der Waals surface area (Å²) in [5, 5.41) is 7.79. The molecule has 0 aromatic heterocycles. The third-order valence-corrected chi connectivity index (χ3v) is 6.23. The van der Waals surface area contributed by atoms with Crippen molar-refractivity contribution >= 4 is 47.4 Å². The Kier molecular flexibility index (Phi) is 9.49. The quantitative estimate of drug-likeness (QED) is 0.346. The number of halogens is 2. The van der Waals surface area contributed by atoms with Crippen LogP contribution in [-0.4, -0.2) is 62.7 Å². The van der Waals surface area contributed by atoms with Gasteiger partial charge in [-0.2, -0.15) is 0 Å². The fraction of sp³-hybridized carbons (Fsp3) is 0.619. The van der Waals surface area contributed by atoms with Gasteiger partial charge in [-0.15, -0.1) is 24.0 Å². The smallest absolute Gasteiger partial charge is 0.222 e. The Morgan fingerprint density at radius 1 is 1.34 bits per heavy atom. The number of aliphatic imine (C=N–C) groups is 1. The number of guanidine groups is 1. The Hall–Kier alpha value is -1.06. The van der Waals surface area contributed by atoms with E-state index < -0.39 is 0 Å². The standard InChI is InChI=1S/C21H31ClN4O2.HI/c1-3-19(27)26-11-8-16(14-26)25-20(23-2)24-15-21(9-12-28-13-10-21)17-6-4-5-7-18(17)22;/h4-7,16H,3,8-15H2,1-2H3,(H2,23,24,25);1H. The van der Waals surface area contributed by atoms with Crippen LogP contribution in [0.25, 0.3) is 0 Å². The minimum absolute atomic E-state index is 0. The molecular weight excluding hydrogens is 503 g/mol. The fourth-order valence-corrected chi connectivity index (χ4v) is 4.50. The number of hydrogen-bond donors (Lipinski definition) is 2. The monoisotopic (exact) mass is 534 g/mol. The van der Waals surface area contributed by atoms with Crippen molar-refractivity contribution in [1.82, 2.24) is 15.5 Å². The van der Waals surface area contributed by atoms with Gasteiger partial charge in [0.2, 0.25) is 5.91 Å². The molecule has 0 radical (unpaired) electrons. The second kappa shape index (κ2) is 11.4. The molecule has 2 aliphatic rings. The number of carbonyl (C=O) groups excluding carboxylic acids is 1. The summed E-state index contributed by atoms with van der Waals surface area (Å²) in [4.78, 5) is 18.2. The van der Waals surface area contributed by atoms with Crippen LogP contribution in [0.2, 0.25) is 5.02 Å². The van der Waals surface area contributed by atoms with Crippen LogP contribution in [0, 0.1) is 0 Å². The highest BCUT2D eigenvalue weighted by atomic mass is 127. The Bertz CT molecular complexity index is 710. The average molecular weight is 535 g/mol. The van der Waals surface area contributed by atoms with Crippen molar-refractivity contribution < 1.29 is 9.53 Å². The molecule has 1 aromatic rings. The zero-order valence-corrected chi connectivity index (χ0v) is 20.3. The number of rotatable bonds is 5. The third kappa shape index (κ3) is 5.98. The van der Waals surface area contributed by atoms with Gasteiger partial charge in [0.1, 0.15) is 0 Å². The Balaban J connectivity index is 0.00000300. The maximum Gasteiger partial charge on any atom is 0.222 e. The molecule has 0 bridgehead atoms. The molecule has 2 heterocycles. The van der Waals surface area contributed by atoms with Crippen LogP contribution in [-0.2, 0) is 14.9 Å². The van der Waals surface area contributed by atoms with E-state index in [9.17, 15) is 4.79 Å². The summed E-state index contributed by atoms with van der Waals surface area (Å²) >= 11 is 6.54. The van der Waals surface area contributed by atoms with Gasteiger partial charge in [-0.25, -0.2) is 0 Å². The molecule has 162 valence electrons. The van der Waals surface area contributed by atoms with E-state index in [4.69, 9.17) is 16.3 Å². The topological polar surface area (TPSA) is 66.0 Å². The van der Waals surface area contributed by atoms with Crippen molar-refractivity contribution in [3.05, 3.63) is 34.9 Å². The minimum Gasteiger partial charge on any atom is -0.381 e. The van der Waals surface area contributed by atoms with Gasteiger partial charge in [0, 0.05) is 62.8 Å². The molecule has 2 saturated heterocycles. The molecule has 1 unspecified atom stereocenters. The zero-order valence-electron chi connectivity index (χ0n) is 17.2. The van der Waals surface area contributed by atoms with Gasteiger partial charge in [0.25, 0.3) is 0 Å².